The molecule has 6 nitrogen and oxygen atoms in total. The second kappa shape index (κ2) is 4.70. The number of rotatable bonds is 3. The molecule has 6 heteroatoms. The molecule has 1 fully saturated rings. The van der Waals surface area contributed by atoms with Crippen molar-refractivity contribution >= 4 is 11.9 Å². The van der Waals surface area contributed by atoms with Crippen molar-refractivity contribution in [3.05, 3.63) is 12.2 Å². The molecule has 1 aliphatic carbocycles. The molecule has 1 aliphatic heterocycles. The van der Waals surface area contributed by atoms with Crippen LogP contribution >= 0.6 is 0 Å². The van der Waals surface area contributed by atoms with E-state index in [-0.39, 0.29) is 6.10 Å². The number of ether oxygens (including phenoxy) is 4. The zero-order valence-corrected chi connectivity index (χ0v) is 10.5. The molecule has 2 rings (SSSR count). The van der Waals surface area contributed by atoms with E-state index < -0.39 is 29.6 Å². The average molecular weight is 256 g/mol. The standard InChI is InChI=1S/C12H16O6/c1-15-10(13)9-8-6-7(18-11(9)14)4-5-12(8,16-2)17-3/h4-5,7-9H,6H2,1-3H3. The predicted octanol–water partition coefficient (Wildman–Crippen LogP) is 0.266. The maximum absolute atomic E-state index is 11.9. The van der Waals surface area contributed by atoms with Crippen LogP contribution in [0.2, 0.25) is 0 Å². The van der Waals surface area contributed by atoms with Crippen LogP contribution in [-0.2, 0) is 28.5 Å². The highest BCUT2D eigenvalue weighted by molar-refractivity contribution is 5.96. The highest BCUT2D eigenvalue weighted by Gasteiger charge is 2.55. The second-order valence-corrected chi connectivity index (χ2v) is 4.31. The third-order valence-electron chi connectivity index (χ3n) is 3.56. The molecule has 0 aromatic heterocycles. The maximum Gasteiger partial charge on any atom is 0.321 e. The normalized spacial score (nSPS) is 32.8. The van der Waals surface area contributed by atoms with Gasteiger partial charge in [0.25, 0.3) is 0 Å². The van der Waals surface area contributed by atoms with E-state index in [0.29, 0.717) is 6.42 Å². The first-order chi connectivity index (χ1) is 8.57. The molecule has 3 atom stereocenters. The first-order valence-corrected chi connectivity index (χ1v) is 5.66. The lowest BCUT2D eigenvalue weighted by Crippen LogP contribution is -2.55. The molecule has 0 radical (unpaired) electrons. The first kappa shape index (κ1) is 13.0. The molecular formula is C12H16O6. The molecule has 0 aromatic carbocycles. The van der Waals surface area contributed by atoms with Crippen LogP contribution in [0.25, 0.3) is 0 Å². The highest BCUT2D eigenvalue weighted by Crippen LogP contribution is 2.42. The first-order valence-electron chi connectivity index (χ1n) is 5.66. The van der Waals surface area contributed by atoms with Crippen LogP contribution in [0.1, 0.15) is 6.42 Å². The molecule has 0 N–H and O–H groups in total. The van der Waals surface area contributed by atoms with Gasteiger partial charge in [0.1, 0.15) is 6.10 Å². The van der Waals surface area contributed by atoms with Gasteiger partial charge in [-0.2, -0.15) is 0 Å². The minimum atomic E-state index is -1.09. The summed E-state index contributed by atoms with van der Waals surface area (Å²) >= 11 is 0. The van der Waals surface area contributed by atoms with Crippen LogP contribution in [-0.4, -0.2) is 45.2 Å². The molecule has 2 bridgehead atoms. The monoisotopic (exact) mass is 256 g/mol. The third kappa shape index (κ3) is 1.81. The van der Waals surface area contributed by atoms with Gasteiger partial charge >= 0.3 is 11.9 Å². The van der Waals surface area contributed by atoms with E-state index in [4.69, 9.17) is 14.2 Å². The fourth-order valence-electron chi connectivity index (χ4n) is 2.61. The van der Waals surface area contributed by atoms with Crippen LogP contribution in [0.3, 0.4) is 0 Å². The summed E-state index contributed by atoms with van der Waals surface area (Å²) in [5, 5.41) is 0. The Morgan fingerprint density at radius 3 is 2.61 bits per heavy atom. The van der Waals surface area contributed by atoms with E-state index in [1.807, 2.05) is 0 Å². The Labute approximate surface area is 105 Å². The quantitative estimate of drug-likeness (QED) is 0.312. The highest BCUT2D eigenvalue weighted by atomic mass is 16.7. The summed E-state index contributed by atoms with van der Waals surface area (Å²) in [4.78, 5) is 23.6. The fourth-order valence-corrected chi connectivity index (χ4v) is 2.61. The molecule has 2 aliphatic rings. The minimum Gasteiger partial charge on any atom is -0.468 e. The summed E-state index contributed by atoms with van der Waals surface area (Å²) in [5.41, 5.74) is 0. The smallest absolute Gasteiger partial charge is 0.321 e. The van der Waals surface area contributed by atoms with Gasteiger partial charge in [0.15, 0.2) is 11.7 Å². The number of hydrogen-bond donors (Lipinski definition) is 0. The molecule has 0 spiro atoms. The molecule has 0 aromatic rings. The molecule has 1 heterocycles. The summed E-state index contributed by atoms with van der Waals surface area (Å²) < 4.78 is 20.5. The topological polar surface area (TPSA) is 71.1 Å². The maximum atomic E-state index is 11.9. The van der Waals surface area contributed by atoms with Gasteiger partial charge in [-0.1, -0.05) is 0 Å². The summed E-state index contributed by atoms with van der Waals surface area (Å²) in [6, 6.07) is 0. The number of fused-ring (bicyclic) bond motifs is 2. The van der Waals surface area contributed by atoms with Gasteiger partial charge in [0.05, 0.1) is 7.11 Å². The lowest BCUT2D eigenvalue weighted by atomic mass is 9.75. The molecule has 1 saturated heterocycles. The van der Waals surface area contributed by atoms with Crippen molar-refractivity contribution in [1.82, 2.24) is 0 Å². The average Bonchev–Trinajstić information content (AvgIpc) is 2.39. The van der Waals surface area contributed by atoms with Crippen molar-refractivity contribution in [2.24, 2.45) is 11.8 Å². The van der Waals surface area contributed by atoms with Gasteiger partial charge < -0.3 is 18.9 Å². The Balaban J connectivity index is 2.40. The van der Waals surface area contributed by atoms with Crippen molar-refractivity contribution in [3.8, 4) is 0 Å². The summed E-state index contributed by atoms with van der Waals surface area (Å²) in [5.74, 6) is -3.77. The van der Waals surface area contributed by atoms with Crippen LogP contribution in [0.15, 0.2) is 12.2 Å². The van der Waals surface area contributed by atoms with E-state index in [1.165, 1.54) is 21.3 Å². The van der Waals surface area contributed by atoms with E-state index in [1.54, 1.807) is 12.2 Å². The van der Waals surface area contributed by atoms with Crippen LogP contribution in [0.5, 0.6) is 0 Å². The van der Waals surface area contributed by atoms with Crippen molar-refractivity contribution in [3.63, 3.8) is 0 Å². The number of hydrogen-bond acceptors (Lipinski definition) is 6. The molecule has 3 unspecified atom stereocenters. The van der Waals surface area contributed by atoms with Crippen molar-refractivity contribution < 1.29 is 28.5 Å². The van der Waals surface area contributed by atoms with Gasteiger partial charge in [0, 0.05) is 20.1 Å². The molecule has 18 heavy (non-hydrogen) atoms. The zero-order valence-electron chi connectivity index (χ0n) is 10.5. The minimum absolute atomic E-state index is 0.332. The number of carbonyl (C=O) groups excluding carboxylic acids is 2. The molecular weight excluding hydrogens is 240 g/mol. The number of carbonyl (C=O) groups is 2. The Morgan fingerprint density at radius 2 is 2.06 bits per heavy atom. The van der Waals surface area contributed by atoms with Gasteiger partial charge in [-0.05, 0) is 18.6 Å². The Morgan fingerprint density at radius 1 is 1.39 bits per heavy atom. The number of methoxy groups -OCH3 is 3. The van der Waals surface area contributed by atoms with Crippen molar-refractivity contribution in [1.29, 1.82) is 0 Å². The van der Waals surface area contributed by atoms with Gasteiger partial charge in [-0.3, -0.25) is 9.59 Å². The van der Waals surface area contributed by atoms with E-state index >= 15 is 0 Å². The third-order valence-corrected chi connectivity index (χ3v) is 3.56. The Kier molecular flexibility index (Phi) is 3.41. The van der Waals surface area contributed by atoms with Gasteiger partial charge in [0.2, 0.25) is 0 Å². The van der Waals surface area contributed by atoms with E-state index in [0.717, 1.165) is 0 Å². The lowest BCUT2D eigenvalue weighted by Gasteiger charge is -2.45. The summed E-state index contributed by atoms with van der Waals surface area (Å²) in [6.45, 7) is 0. The molecule has 100 valence electrons. The molecule has 0 amide bonds. The van der Waals surface area contributed by atoms with Gasteiger partial charge in [-0.25, -0.2) is 0 Å². The fraction of sp³-hybridized carbons (Fsp3) is 0.667. The summed E-state index contributed by atoms with van der Waals surface area (Å²) in [6.07, 6.45) is 3.55. The van der Waals surface area contributed by atoms with Crippen LogP contribution in [0, 0.1) is 11.8 Å². The lowest BCUT2D eigenvalue weighted by molar-refractivity contribution is -0.241. The van der Waals surface area contributed by atoms with Crippen LogP contribution < -0.4 is 0 Å². The number of esters is 2. The van der Waals surface area contributed by atoms with Crippen LogP contribution in [0.4, 0.5) is 0 Å². The molecule has 0 saturated carbocycles. The van der Waals surface area contributed by atoms with Gasteiger partial charge in [-0.15, -0.1) is 0 Å². The second-order valence-electron chi connectivity index (χ2n) is 4.31. The summed E-state index contributed by atoms with van der Waals surface area (Å²) in [7, 11) is 4.19. The Bertz CT molecular complexity index is 384. The van der Waals surface area contributed by atoms with Crippen molar-refractivity contribution in [2.45, 2.75) is 18.3 Å². The zero-order chi connectivity index (χ0) is 13.3. The van der Waals surface area contributed by atoms with E-state index in [9.17, 15) is 9.59 Å². The predicted molar refractivity (Wildman–Crippen MR) is 59.4 cm³/mol. The largest absolute Gasteiger partial charge is 0.468 e. The SMILES string of the molecule is COC(=O)C1C(=O)OC2C=CC(OC)(OC)C1C2. The van der Waals surface area contributed by atoms with Crippen molar-refractivity contribution in [2.75, 3.05) is 21.3 Å². The Hall–Kier alpha value is -1.40. The van der Waals surface area contributed by atoms with E-state index in [2.05, 4.69) is 4.74 Å².